The number of aryl methyl sites for hydroxylation is 2. The third-order valence-electron chi connectivity index (χ3n) is 4.33. The Labute approximate surface area is 148 Å². The highest BCUT2D eigenvalue weighted by atomic mass is 16.2. The molecule has 0 spiro atoms. The predicted octanol–water partition coefficient (Wildman–Crippen LogP) is 3.91. The van der Waals surface area contributed by atoms with Gasteiger partial charge in [0.15, 0.2) is 0 Å². The molecule has 0 fully saturated rings. The normalized spacial score (nSPS) is 14.4. The van der Waals surface area contributed by atoms with Crippen LogP contribution in [0.1, 0.15) is 30.0 Å². The number of nitrogens with zero attached hydrogens (tertiary/aromatic N) is 1. The standard InChI is InChI=1S/C21H22N2O2/c1-4-12-23-20(24)18(16-8-6-5-7-9-16)19(21(23)25)22-17-13-14(2)10-11-15(17)3/h5-11,13,22H,4,12H2,1-3H3. The zero-order valence-corrected chi connectivity index (χ0v) is 14.8. The summed E-state index contributed by atoms with van der Waals surface area (Å²) in [6.07, 6.45) is 0.732. The third-order valence-corrected chi connectivity index (χ3v) is 4.33. The summed E-state index contributed by atoms with van der Waals surface area (Å²) in [4.78, 5) is 27.1. The van der Waals surface area contributed by atoms with Crippen molar-refractivity contribution < 1.29 is 9.59 Å². The number of amides is 2. The summed E-state index contributed by atoms with van der Waals surface area (Å²) in [6.45, 7) is 6.36. The number of rotatable bonds is 5. The monoisotopic (exact) mass is 334 g/mol. The number of anilines is 1. The second kappa shape index (κ2) is 6.93. The van der Waals surface area contributed by atoms with Crippen LogP contribution in [-0.4, -0.2) is 23.3 Å². The molecule has 1 N–H and O–H groups in total. The van der Waals surface area contributed by atoms with Crippen molar-refractivity contribution >= 4 is 23.1 Å². The number of nitrogens with one attached hydrogen (secondary N) is 1. The van der Waals surface area contributed by atoms with Crippen molar-refractivity contribution in [2.24, 2.45) is 0 Å². The first-order valence-electron chi connectivity index (χ1n) is 8.53. The molecule has 0 bridgehead atoms. The fraction of sp³-hybridized carbons (Fsp3) is 0.238. The van der Waals surface area contributed by atoms with Crippen LogP contribution >= 0.6 is 0 Å². The first-order valence-corrected chi connectivity index (χ1v) is 8.53. The number of imide groups is 1. The third kappa shape index (κ3) is 3.20. The lowest BCUT2D eigenvalue weighted by molar-refractivity contribution is -0.136. The number of carbonyl (C=O) groups excluding carboxylic acids is 2. The minimum Gasteiger partial charge on any atom is -0.350 e. The van der Waals surface area contributed by atoms with Gasteiger partial charge in [-0.05, 0) is 43.0 Å². The predicted molar refractivity (Wildman–Crippen MR) is 99.9 cm³/mol. The van der Waals surface area contributed by atoms with Gasteiger partial charge in [-0.3, -0.25) is 14.5 Å². The molecule has 2 amide bonds. The Morgan fingerprint density at radius 1 is 0.960 bits per heavy atom. The minimum absolute atomic E-state index is 0.231. The van der Waals surface area contributed by atoms with Crippen LogP contribution in [0.5, 0.6) is 0 Å². The zero-order valence-electron chi connectivity index (χ0n) is 14.8. The molecule has 4 heteroatoms. The van der Waals surface area contributed by atoms with E-state index in [0.29, 0.717) is 17.8 Å². The largest absolute Gasteiger partial charge is 0.350 e. The van der Waals surface area contributed by atoms with Crippen molar-refractivity contribution in [2.75, 3.05) is 11.9 Å². The van der Waals surface area contributed by atoms with Gasteiger partial charge in [0.25, 0.3) is 11.8 Å². The highest BCUT2D eigenvalue weighted by molar-refractivity contribution is 6.36. The molecule has 0 saturated heterocycles. The van der Waals surface area contributed by atoms with Crippen LogP contribution in [0.25, 0.3) is 5.57 Å². The topological polar surface area (TPSA) is 49.4 Å². The van der Waals surface area contributed by atoms with E-state index < -0.39 is 0 Å². The van der Waals surface area contributed by atoms with Crippen LogP contribution in [0, 0.1) is 13.8 Å². The van der Waals surface area contributed by atoms with Crippen LogP contribution < -0.4 is 5.32 Å². The van der Waals surface area contributed by atoms with Gasteiger partial charge in [-0.2, -0.15) is 0 Å². The quantitative estimate of drug-likeness (QED) is 0.844. The van der Waals surface area contributed by atoms with Gasteiger partial charge >= 0.3 is 0 Å². The Hall–Kier alpha value is -2.88. The van der Waals surface area contributed by atoms with Crippen molar-refractivity contribution in [1.82, 2.24) is 4.90 Å². The maximum absolute atomic E-state index is 12.9. The van der Waals surface area contributed by atoms with E-state index in [0.717, 1.165) is 28.8 Å². The van der Waals surface area contributed by atoms with Crippen molar-refractivity contribution in [3.8, 4) is 0 Å². The molecular weight excluding hydrogens is 312 g/mol. The summed E-state index contributed by atoms with van der Waals surface area (Å²) in [6, 6.07) is 15.4. The van der Waals surface area contributed by atoms with Gasteiger partial charge in [0.2, 0.25) is 0 Å². The first kappa shape index (κ1) is 17.0. The van der Waals surface area contributed by atoms with E-state index in [2.05, 4.69) is 5.32 Å². The Bertz CT molecular complexity index is 853. The molecule has 0 aromatic heterocycles. The molecule has 1 heterocycles. The van der Waals surface area contributed by atoms with E-state index in [1.165, 1.54) is 4.90 Å². The van der Waals surface area contributed by atoms with Gasteiger partial charge in [-0.15, -0.1) is 0 Å². The van der Waals surface area contributed by atoms with Crippen LogP contribution in [0.2, 0.25) is 0 Å². The number of carbonyl (C=O) groups is 2. The molecule has 0 atom stereocenters. The molecule has 1 aliphatic heterocycles. The molecule has 128 valence electrons. The van der Waals surface area contributed by atoms with E-state index >= 15 is 0 Å². The first-order chi connectivity index (χ1) is 12.0. The molecule has 0 aliphatic carbocycles. The van der Waals surface area contributed by atoms with Crippen molar-refractivity contribution in [3.05, 3.63) is 70.9 Å². The average molecular weight is 334 g/mol. The summed E-state index contributed by atoms with van der Waals surface area (Å²) in [5, 5.41) is 3.23. The fourth-order valence-electron chi connectivity index (χ4n) is 3.00. The molecule has 25 heavy (non-hydrogen) atoms. The Morgan fingerprint density at radius 3 is 2.36 bits per heavy atom. The van der Waals surface area contributed by atoms with Gasteiger partial charge in [0.05, 0.1) is 5.57 Å². The lowest BCUT2D eigenvalue weighted by Gasteiger charge is -2.14. The number of hydrogen-bond acceptors (Lipinski definition) is 3. The molecule has 4 nitrogen and oxygen atoms in total. The summed E-state index contributed by atoms with van der Waals surface area (Å²) < 4.78 is 0. The minimum atomic E-state index is -0.258. The molecule has 1 aliphatic rings. The molecule has 2 aromatic carbocycles. The van der Waals surface area contributed by atoms with Crippen LogP contribution in [0.15, 0.2) is 54.2 Å². The molecule has 0 saturated carbocycles. The van der Waals surface area contributed by atoms with Crippen molar-refractivity contribution in [1.29, 1.82) is 0 Å². The maximum Gasteiger partial charge on any atom is 0.278 e. The van der Waals surface area contributed by atoms with E-state index in [1.54, 1.807) is 0 Å². The van der Waals surface area contributed by atoms with Gasteiger partial charge in [-0.25, -0.2) is 0 Å². The molecule has 3 rings (SSSR count). The van der Waals surface area contributed by atoms with Crippen LogP contribution in [0.3, 0.4) is 0 Å². The van der Waals surface area contributed by atoms with Crippen LogP contribution in [-0.2, 0) is 9.59 Å². The SMILES string of the molecule is CCCN1C(=O)C(Nc2cc(C)ccc2C)=C(c2ccccc2)C1=O. The maximum atomic E-state index is 12.9. The van der Waals surface area contributed by atoms with Gasteiger partial charge in [0.1, 0.15) is 5.70 Å². The smallest absolute Gasteiger partial charge is 0.278 e. The highest BCUT2D eigenvalue weighted by Crippen LogP contribution is 2.31. The second-order valence-electron chi connectivity index (χ2n) is 6.32. The van der Waals surface area contributed by atoms with Gasteiger partial charge < -0.3 is 5.32 Å². The Morgan fingerprint density at radius 2 is 1.68 bits per heavy atom. The Kier molecular flexibility index (Phi) is 4.70. The fourth-order valence-corrected chi connectivity index (χ4v) is 3.00. The molecule has 0 radical (unpaired) electrons. The molecular formula is C21H22N2O2. The van der Waals surface area contributed by atoms with E-state index in [-0.39, 0.29) is 11.8 Å². The zero-order chi connectivity index (χ0) is 18.0. The summed E-state index contributed by atoms with van der Waals surface area (Å²) in [7, 11) is 0. The lowest BCUT2D eigenvalue weighted by atomic mass is 10.0. The van der Waals surface area contributed by atoms with Crippen LogP contribution in [0.4, 0.5) is 5.69 Å². The van der Waals surface area contributed by atoms with E-state index in [4.69, 9.17) is 0 Å². The summed E-state index contributed by atoms with van der Waals surface area (Å²) in [5.74, 6) is -0.488. The summed E-state index contributed by atoms with van der Waals surface area (Å²) >= 11 is 0. The molecule has 2 aromatic rings. The lowest BCUT2D eigenvalue weighted by Crippen LogP contribution is -2.33. The second-order valence-corrected chi connectivity index (χ2v) is 6.32. The van der Waals surface area contributed by atoms with Crippen molar-refractivity contribution in [2.45, 2.75) is 27.2 Å². The van der Waals surface area contributed by atoms with E-state index in [9.17, 15) is 9.59 Å². The summed E-state index contributed by atoms with van der Waals surface area (Å²) in [5.41, 5.74) is 4.53. The van der Waals surface area contributed by atoms with Gasteiger partial charge in [0, 0.05) is 12.2 Å². The van der Waals surface area contributed by atoms with Crippen molar-refractivity contribution in [3.63, 3.8) is 0 Å². The van der Waals surface area contributed by atoms with Gasteiger partial charge in [-0.1, -0.05) is 49.4 Å². The number of benzene rings is 2. The molecule has 0 unspecified atom stereocenters. The number of hydrogen-bond donors (Lipinski definition) is 1. The average Bonchev–Trinajstić information content (AvgIpc) is 2.84. The highest BCUT2D eigenvalue weighted by Gasteiger charge is 2.38. The van der Waals surface area contributed by atoms with E-state index in [1.807, 2.05) is 69.3 Å². The Balaban J connectivity index is 2.10.